The van der Waals surface area contributed by atoms with E-state index < -0.39 is 66.6 Å². The van der Waals surface area contributed by atoms with Gasteiger partial charge in [0.2, 0.25) is 0 Å². The van der Waals surface area contributed by atoms with Crippen LogP contribution in [0.4, 0.5) is 10.2 Å². The van der Waals surface area contributed by atoms with Gasteiger partial charge >= 0.3 is 11.4 Å². The Morgan fingerprint density at radius 1 is 1.31 bits per heavy atom. The van der Waals surface area contributed by atoms with Crippen molar-refractivity contribution in [1.29, 1.82) is 0 Å². The van der Waals surface area contributed by atoms with Crippen molar-refractivity contribution in [2.75, 3.05) is 12.3 Å². The largest absolute Gasteiger partial charge is 0.394 e. The third-order valence-electron chi connectivity index (χ3n) is 5.40. The van der Waals surface area contributed by atoms with Gasteiger partial charge in [-0.15, -0.1) is 6.42 Å². The van der Waals surface area contributed by atoms with Crippen molar-refractivity contribution in [3.8, 4) is 12.3 Å². The maximum Gasteiger partial charge on any atom is 0.351 e. The van der Waals surface area contributed by atoms with Crippen molar-refractivity contribution in [3.05, 3.63) is 52.8 Å². The molecule has 0 aromatic carbocycles. The fourth-order valence-corrected chi connectivity index (χ4v) is 3.91. The number of nitrogen functional groups attached to an aromatic ring is 1. The molecule has 2 aliphatic rings. The highest BCUT2D eigenvalue weighted by Crippen LogP contribution is 2.31. The number of aliphatic hydroxyl groups is 3. The highest BCUT2D eigenvalue weighted by Gasteiger charge is 2.45. The van der Waals surface area contributed by atoms with Gasteiger partial charge < -0.3 is 30.5 Å². The summed E-state index contributed by atoms with van der Waals surface area (Å²) in [6, 6.07) is 0. The van der Waals surface area contributed by atoms with Gasteiger partial charge in [-0.2, -0.15) is 4.98 Å². The van der Waals surface area contributed by atoms with Gasteiger partial charge in [0.1, 0.15) is 30.4 Å². The maximum atomic E-state index is 13.8. The third kappa shape index (κ3) is 5.63. The Morgan fingerprint density at radius 3 is 2.57 bits per heavy atom. The minimum Gasteiger partial charge on any atom is -0.394 e. The fourth-order valence-electron chi connectivity index (χ4n) is 3.49. The van der Waals surface area contributed by atoms with Crippen molar-refractivity contribution in [2.45, 2.75) is 56.4 Å². The van der Waals surface area contributed by atoms with Gasteiger partial charge in [0.05, 0.1) is 16.3 Å². The lowest BCUT2D eigenvalue weighted by atomic mass is 10.1. The molecule has 6 N–H and O–H groups in total. The average molecular weight is 607 g/mol. The SMILES string of the molecule is C#C[C@H]1O[C@@H](n2cc(C)c(=O)[nH]c2=O)C[C@@H]1O.Nc1nc(=O)n([C@@H]2O[C@H](CO)[C@@H](O)[C@H]2F)cc1I. The number of hydrogen-bond donors (Lipinski definition) is 5. The number of halogens is 2. The lowest BCUT2D eigenvalue weighted by Crippen LogP contribution is -2.34. The number of ether oxygens (including phenoxy) is 2. The van der Waals surface area contributed by atoms with Gasteiger partial charge in [-0.1, -0.05) is 5.92 Å². The topological polar surface area (TPSA) is 195 Å². The fraction of sp³-hybridized carbons (Fsp3) is 0.500. The number of anilines is 1. The molecule has 35 heavy (non-hydrogen) atoms. The smallest absolute Gasteiger partial charge is 0.351 e. The van der Waals surface area contributed by atoms with Crippen LogP contribution in [0, 0.1) is 22.8 Å². The van der Waals surface area contributed by atoms with Gasteiger partial charge in [-0.25, -0.2) is 14.0 Å². The summed E-state index contributed by atoms with van der Waals surface area (Å²) in [5.74, 6) is 2.35. The highest BCUT2D eigenvalue weighted by molar-refractivity contribution is 14.1. The van der Waals surface area contributed by atoms with E-state index in [2.05, 4.69) is 15.9 Å². The molecule has 15 heteroatoms. The van der Waals surface area contributed by atoms with Crippen LogP contribution in [0.1, 0.15) is 24.4 Å². The van der Waals surface area contributed by atoms with Crippen molar-refractivity contribution >= 4 is 28.4 Å². The first-order valence-electron chi connectivity index (χ1n) is 10.2. The molecule has 2 aliphatic heterocycles. The van der Waals surface area contributed by atoms with E-state index in [1.165, 1.54) is 17.0 Å². The Bertz CT molecular complexity index is 1290. The molecule has 0 bridgehead atoms. The molecule has 0 amide bonds. The molecule has 4 heterocycles. The lowest BCUT2D eigenvalue weighted by molar-refractivity contribution is -0.0491. The molecule has 0 radical (unpaired) electrons. The number of nitrogens with two attached hydrogens (primary N) is 1. The van der Waals surface area contributed by atoms with Crippen LogP contribution in [0.3, 0.4) is 0 Å². The third-order valence-corrected chi connectivity index (χ3v) is 6.23. The second-order valence-electron chi connectivity index (χ2n) is 7.81. The predicted molar refractivity (Wildman–Crippen MR) is 127 cm³/mol. The molecule has 7 atom stereocenters. The number of nitrogens with one attached hydrogen (secondary N) is 1. The number of aromatic amines is 1. The molecule has 0 spiro atoms. The van der Waals surface area contributed by atoms with E-state index in [0.717, 1.165) is 4.57 Å². The molecule has 2 aromatic rings. The Balaban J connectivity index is 0.000000196. The summed E-state index contributed by atoms with van der Waals surface area (Å²) in [6.45, 7) is 1.05. The van der Waals surface area contributed by atoms with Crippen LogP contribution in [0.25, 0.3) is 0 Å². The van der Waals surface area contributed by atoms with Crippen LogP contribution >= 0.6 is 22.6 Å². The van der Waals surface area contributed by atoms with Crippen LogP contribution in [0.2, 0.25) is 0 Å². The first kappa shape index (κ1) is 27.0. The van der Waals surface area contributed by atoms with E-state index in [-0.39, 0.29) is 12.2 Å². The van der Waals surface area contributed by atoms with E-state index in [9.17, 15) is 29.0 Å². The van der Waals surface area contributed by atoms with E-state index in [1.807, 2.05) is 22.6 Å². The minimum absolute atomic E-state index is 0.0458. The predicted octanol–water partition coefficient (Wildman–Crippen LogP) is -1.85. The van der Waals surface area contributed by atoms with Crippen molar-refractivity contribution in [2.24, 2.45) is 0 Å². The molecule has 2 saturated heterocycles. The molecule has 0 aliphatic carbocycles. The number of hydrogen-bond acceptors (Lipinski definition) is 10. The summed E-state index contributed by atoms with van der Waals surface area (Å²) >= 11 is 1.84. The molecule has 2 aromatic heterocycles. The zero-order valence-electron chi connectivity index (χ0n) is 18.2. The molecule has 4 rings (SSSR count). The normalized spacial score (nSPS) is 29.9. The number of H-pyrrole nitrogens is 1. The zero-order valence-corrected chi connectivity index (χ0v) is 20.4. The van der Waals surface area contributed by atoms with Gasteiger partial charge in [0.15, 0.2) is 12.4 Å². The van der Waals surface area contributed by atoms with Gasteiger partial charge in [-0.05, 0) is 29.5 Å². The van der Waals surface area contributed by atoms with Crippen LogP contribution in [0.5, 0.6) is 0 Å². The van der Waals surface area contributed by atoms with E-state index in [0.29, 0.717) is 9.13 Å². The van der Waals surface area contributed by atoms with Crippen LogP contribution in [-0.4, -0.2) is 71.6 Å². The second kappa shape index (κ2) is 11.0. The number of nitrogens with zero attached hydrogens (tertiary/aromatic N) is 3. The summed E-state index contributed by atoms with van der Waals surface area (Å²) in [5, 5.41) is 28.0. The number of aromatic nitrogens is 4. The number of terminal acetylenes is 1. The number of aliphatic hydroxyl groups excluding tert-OH is 3. The van der Waals surface area contributed by atoms with Crippen LogP contribution < -0.4 is 22.7 Å². The van der Waals surface area contributed by atoms with E-state index in [4.69, 9.17) is 26.7 Å². The summed E-state index contributed by atoms with van der Waals surface area (Å²) in [6.07, 6.45) is 0.251. The second-order valence-corrected chi connectivity index (χ2v) is 8.97. The van der Waals surface area contributed by atoms with E-state index >= 15 is 0 Å². The van der Waals surface area contributed by atoms with Gasteiger partial charge in [-0.3, -0.25) is 18.9 Å². The van der Waals surface area contributed by atoms with Crippen LogP contribution in [-0.2, 0) is 9.47 Å². The monoisotopic (exact) mass is 607 g/mol. The molecular formula is C20H23FIN5O8. The van der Waals surface area contributed by atoms with Gasteiger partial charge in [0.25, 0.3) is 5.56 Å². The summed E-state index contributed by atoms with van der Waals surface area (Å²) < 4.78 is 26.9. The number of alkyl halides is 1. The summed E-state index contributed by atoms with van der Waals surface area (Å²) in [7, 11) is 0. The number of rotatable bonds is 3. The highest BCUT2D eigenvalue weighted by atomic mass is 127. The number of aryl methyl sites for hydroxylation is 1. The maximum absolute atomic E-state index is 13.8. The molecule has 0 unspecified atom stereocenters. The first-order valence-corrected chi connectivity index (χ1v) is 11.3. The van der Waals surface area contributed by atoms with Crippen molar-refractivity contribution < 1.29 is 29.2 Å². The molecule has 0 saturated carbocycles. The Morgan fingerprint density at radius 2 is 2.00 bits per heavy atom. The quantitative estimate of drug-likeness (QED) is 0.195. The first-order chi connectivity index (χ1) is 16.5. The minimum atomic E-state index is -1.82. The lowest BCUT2D eigenvalue weighted by Gasteiger charge is -2.16. The Labute approximate surface area is 210 Å². The van der Waals surface area contributed by atoms with E-state index in [1.54, 1.807) is 6.92 Å². The van der Waals surface area contributed by atoms with Crippen LogP contribution in [0.15, 0.2) is 26.8 Å². The average Bonchev–Trinajstić information content (AvgIpc) is 3.32. The molecule has 13 nitrogen and oxygen atoms in total. The van der Waals surface area contributed by atoms with Crippen molar-refractivity contribution in [1.82, 2.24) is 19.1 Å². The molecule has 2 fully saturated rings. The zero-order chi connectivity index (χ0) is 26.0. The Kier molecular flexibility index (Phi) is 8.46. The Hall–Kier alpha value is -2.62. The van der Waals surface area contributed by atoms with Crippen molar-refractivity contribution in [3.63, 3.8) is 0 Å². The summed E-state index contributed by atoms with van der Waals surface area (Å²) in [5.41, 5.74) is 4.07. The summed E-state index contributed by atoms with van der Waals surface area (Å²) in [4.78, 5) is 40.1. The molecule has 190 valence electrons. The standard InChI is InChI=1S/C11H12N2O4.C9H11FIN3O4/c1-3-8-7(14)4-9(17-8)13-5-6(2)10(15)12-11(13)16;10-5-6(16)4(2-15)18-8(5)14-1-3(11)7(12)13-9(14)17/h1,5,7-9,14H,4H2,2H3,(H,12,15,16);1,4-6,8,15-16H,2H2,(H2,12,13,17)/t7-,8+,9+;4-,5-,6-,8-/m01/s1. The van der Waals surface area contributed by atoms with Gasteiger partial charge in [0, 0.05) is 24.4 Å². The molecular weight excluding hydrogens is 584 g/mol.